The molecule has 3 nitrogen and oxygen atoms in total. The number of carbonyl (C=O) groups excluding carboxylic acids is 1. The van der Waals surface area contributed by atoms with Crippen LogP contribution in [0, 0.1) is 6.92 Å². The zero-order chi connectivity index (χ0) is 8.81. The fourth-order valence-electron chi connectivity index (χ4n) is 1.50. The van der Waals surface area contributed by atoms with Gasteiger partial charge < -0.3 is 10.1 Å². The van der Waals surface area contributed by atoms with Crippen LogP contribution in [0.3, 0.4) is 0 Å². The molecule has 1 N–H and O–H groups in total. The van der Waals surface area contributed by atoms with E-state index in [1.807, 2.05) is 0 Å². The predicted octanol–water partition coefficient (Wildman–Crippen LogP) is 0.896. The van der Waals surface area contributed by atoms with Crippen molar-refractivity contribution >= 4 is 5.91 Å². The number of hydrogen-bond acceptors (Lipinski definition) is 2. The molecular weight excluding hydrogens is 154 g/mol. The molecule has 0 aromatic rings. The van der Waals surface area contributed by atoms with Crippen LogP contribution in [-0.4, -0.2) is 25.2 Å². The summed E-state index contributed by atoms with van der Waals surface area (Å²) in [5.41, 5.74) is 0. The van der Waals surface area contributed by atoms with Crippen LogP contribution >= 0.6 is 0 Å². The SMILES string of the molecule is [CH2]COCC(=O)NC1CCCC1. The first-order valence-electron chi connectivity index (χ1n) is 4.49. The quantitative estimate of drug-likeness (QED) is 0.680. The third kappa shape index (κ3) is 3.22. The maximum absolute atomic E-state index is 11.1. The summed E-state index contributed by atoms with van der Waals surface area (Å²) in [5.74, 6) is -0.00875. The molecule has 0 spiro atoms. The standard InChI is InChI=1S/C9H16NO2/c1-2-12-7-9(11)10-8-5-3-4-6-8/h8H,1-7H2,(H,10,11). The number of hydrogen-bond donors (Lipinski definition) is 1. The molecular formula is C9H16NO2. The molecule has 1 aliphatic carbocycles. The van der Waals surface area contributed by atoms with Crippen molar-refractivity contribution in [2.24, 2.45) is 0 Å². The highest BCUT2D eigenvalue weighted by atomic mass is 16.5. The van der Waals surface area contributed by atoms with Gasteiger partial charge in [-0.05, 0) is 19.8 Å². The van der Waals surface area contributed by atoms with Crippen molar-refractivity contribution < 1.29 is 9.53 Å². The average molecular weight is 170 g/mol. The van der Waals surface area contributed by atoms with Gasteiger partial charge in [0, 0.05) is 12.6 Å². The van der Waals surface area contributed by atoms with Crippen molar-refractivity contribution in [3.8, 4) is 0 Å². The zero-order valence-corrected chi connectivity index (χ0v) is 7.34. The Morgan fingerprint density at radius 3 is 2.75 bits per heavy atom. The molecule has 0 aromatic carbocycles. The van der Waals surface area contributed by atoms with E-state index >= 15 is 0 Å². The summed E-state index contributed by atoms with van der Waals surface area (Å²) in [5, 5.41) is 2.92. The van der Waals surface area contributed by atoms with Gasteiger partial charge in [0.15, 0.2) is 0 Å². The van der Waals surface area contributed by atoms with E-state index in [0.717, 1.165) is 12.8 Å². The number of carbonyl (C=O) groups is 1. The summed E-state index contributed by atoms with van der Waals surface area (Å²) in [6.45, 7) is 4.00. The van der Waals surface area contributed by atoms with Crippen LogP contribution in [0.5, 0.6) is 0 Å². The van der Waals surface area contributed by atoms with E-state index in [1.165, 1.54) is 12.8 Å². The first-order valence-corrected chi connectivity index (χ1v) is 4.49. The van der Waals surface area contributed by atoms with Crippen LogP contribution in [0.4, 0.5) is 0 Å². The Morgan fingerprint density at radius 2 is 2.17 bits per heavy atom. The van der Waals surface area contributed by atoms with Crippen molar-refractivity contribution in [1.82, 2.24) is 5.32 Å². The van der Waals surface area contributed by atoms with Gasteiger partial charge in [-0.15, -0.1) is 0 Å². The summed E-state index contributed by atoms with van der Waals surface area (Å²) in [6, 6.07) is 0.394. The minimum absolute atomic E-state index is 0.00875. The molecule has 12 heavy (non-hydrogen) atoms. The van der Waals surface area contributed by atoms with E-state index in [9.17, 15) is 4.79 Å². The second kappa shape index (κ2) is 5.14. The van der Waals surface area contributed by atoms with Crippen molar-refractivity contribution in [3.63, 3.8) is 0 Å². The summed E-state index contributed by atoms with van der Waals surface area (Å²) in [7, 11) is 0. The van der Waals surface area contributed by atoms with Crippen molar-refractivity contribution in [1.29, 1.82) is 0 Å². The maximum atomic E-state index is 11.1. The number of rotatable bonds is 4. The van der Waals surface area contributed by atoms with Crippen molar-refractivity contribution in [2.45, 2.75) is 31.7 Å². The summed E-state index contributed by atoms with van der Waals surface area (Å²) >= 11 is 0. The van der Waals surface area contributed by atoms with Crippen LogP contribution in [0.25, 0.3) is 0 Å². The van der Waals surface area contributed by atoms with Crippen LogP contribution in [-0.2, 0) is 9.53 Å². The van der Waals surface area contributed by atoms with Gasteiger partial charge in [0.05, 0.1) is 0 Å². The highest BCUT2D eigenvalue weighted by Gasteiger charge is 2.16. The third-order valence-electron chi connectivity index (χ3n) is 2.10. The molecule has 0 heterocycles. The highest BCUT2D eigenvalue weighted by molar-refractivity contribution is 5.77. The van der Waals surface area contributed by atoms with Gasteiger partial charge in [-0.2, -0.15) is 0 Å². The highest BCUT2D eigenvalue weighted by Crippen LogP contribution is 2.17. The molecule has 0 aromatic heterocycles. The normalized spacial score (nSPS) is 18.1. The average Bonchev–Trinajstić information content (AvgIpc) is 2.53. The van der Waals surface area contributed by atoms with E-state index in [0.29, 0.717) is 12.6 Å². The van der Waals surface area contributed by atoms with E-state index in [1.54, 1.807) is 0 Å². The minimum Gasteiger partial charge on any atom is -0.372 e. The van der Waals surface area contributed by atoms with Gasteiger partial charge >= 0.3 is 0 Å². The Labute approximate surface area is 73.5 Å². The van der Waals surface area contributed by atoms with E-state index < -0.39 is 0 Å². The van der Waals surface area contributed by atoms with Crippen LogP contribution in [0.2, 0.25) is 0 Å². The van der Waals surface area contributed by atoms with Gasteiger partial charge in [-0.1, -0.05) is 12.8 Å². The van der Waals surface area contributed by atoms with Gasteiger partial charge in [0.2, 0.25) is 5.91 Å². The summed E-state index contributed by atoms with van der Waals surface area (Å²) in [6.07, 6.45) is 4.72. The topological polar surface area (TPSA) is 38.3 Å². The van der Waals surface area contributed by atoms with Crippen molar-refractivity contribution in [2.75, 3.05) is 13.2 Å². The van der Waals surface area contributed by atoms with E-state index in [-0.39, 0.29) is 12.5 Å². The monoisotopic (exact) mass is 170 g/mol. The fourth-order valence-corrected chi connectivity index (χ4v) is 1.50. The summed E-state index contributed by atoms with van der Waals surface area (Å²) < 4.78 is 4.88. The molecule has 0 atom stereocenters. The maximum Gasteiger partial charge on any atom is 0.246 e. The minimum atomic E-state index is -0.00875. The van der Waals surface area contributed by atoms with Gasteiger partial charge in [-0.25, -0.2) is 0 Å². The van der Waals surface area contributed by atoms with Crippen LogP contribution in [0.15, 0.2) is 0 Å². The molecule has 1 saturated carbocycles. The lowest BCUT2D eigenvalue weighted by atomic mass is 10.2. The Kier molecular flexibility index (Phi) is 4.08. The van der Waals surface area contributed by atoms with Gasteiger partial charge in [0.1, 0.15) is 6.61 Å². The Balaban J connectivity index is 2.08. The van der Waals surface area contributed by atoms with Gasteiger partial charge in [0.25, 0.3) is 0 Å². The van der Waals surface area contributed by atoms with Crippen molar-refractivity contribution in [3.05, 3.63) is 6.92 Å². The fraction of sp³-hybridized carbons (Fsp3) is 0.778. The predicted molar refractivity (Wildman–Crippen MR) is 46.6 cm³/mol. The molecule has 0 aliphatic heterocycles. The molecule has 1 amide bonds. The van der Waals surface area contributed by atoms with E-state index in [4.69, 9.17) is 4.74 Å². The molecule has 1 fully saturated rings. The van der Waals surface area contributed by atoms with Crippen LogP contribution < -0.4 is 5.32 Å². The Hall–Kier alpha value is -0.570. The lowest BCUT2D eigenvalue weighted by molar-refractivity contribution is -0.126. The number of amides is 1. The summed E-state index contributed by atoms with van der Waals surface area (Å²) in [4.78, 5) is 11.1. The Morgan fingerprint density at radius 1 is 1.50 bits per heavy atom. The zero-order valence-electron chi connectivity index (χ0n) is 7.34. The molecule has 1 rings (SSSR count). The first kappa shape index (κ1) is 9.52. The second-order valence-corrected chi connectivity index (χ2v) is 3.10. The third-order valence-corrected chi connectivity index (χ3v) is 2.10. The molecule has 1 radical (unpaired) electrons. The van der Waals surface area contributed by atoms with Gasteiger partial charge in [-0.3, -0.25) is 4.79 Å². The van der Waals surface area contributed by atoms with E-state index in [2.05, 4.69) is 12.2 Å². The molecule has 0 unspecified atom stereocenters. The number of ether oxygens (including phenoxy) is 1. The molecule has 0 bridgehead atoms. The smallest absolute Gasteiger partial charge is 0.246 e. The second-order valence-electron chi connectivity index (χ2n) is 3.10. The molecule has 3 heteroatoms. The lowest BCUT2D eigenvalue weighted by Gasteiger charge is -2.11. The molecule has 69 valence electrons. The lowest BCUT2D eigenvalue weighted by Crippen LogP contribution is -2.35. The largest absolute Gasteiger partial charge is 0.372 e. The van der Waals surface area contributed by atoms with Crippen LogP contribution in [0.1, 0.15) is 25.7 Å². The molecule has 0 saturated heterocycles. The molecule has 1 aliphatic rings. The number of nitrogens with one attached hydrogen (secondary N) is 1. The first-order chi connectivity index (χ1) is 5.83. The Bertz CT molecular complexity index is 141.